The molecule has 0 radical (unpaired) electrons. The normalized spacial score (nSPS) is 17.0. The lowest BCUT2D eigenvalue weighted by Gasteiger charge is -2.38. The Morgan fingerprint density at radius 2 is 1.61 bits per heavy atom. The monoisotopic (exact) mass is 319 g/mol. The third kappa shape index (κ3) is 3.82. The van der Waals surface area contributed by atoms with Crippen molar-refractivity contribution in [2.75, 3.05) is 26.2 Å². The van der Waals surface area contributed by atoms with Crippen molar-refractivity contribution >= 4 is 11.8 Å². The van der Waals surface area contributed by atoms with Crippen LogP contribution in [0.5, 0.6) is 5.75 Å². The van der Waals surface area contributed by atoms with Crippen LogP contribution in [-0.2, 0) is 4.79 Å². The molecule has 0 bridgehead atoms. The first kappa shape index (κ1) is 17.3. The number of nitrogens with two attached hydrogens (primary N) is 1. The van der Waals surface area contributed by atoms with Gasteiger partial charge in [0.1, 0.15) is 5.75 Å². The van der Waals surface area contributed by atoms with Gasteiger partial charge < -0.3 is 20.6 Å². The molecular formula is C17H25N3O3. The maximum absolute atomic E-state index is 12.4. The van der Waals surface area contributed by atoms with E-state index in [1.807, 2.05) is 20.8 Å². The predicted octanol–water partition coefficient (Wildman–Crippen LogP) is 1.05. The van der Waals surface area contributed by atoms with Gasteiger partial charge in [0.15, 0.2) is 0 Å². The SMILES string of the molecule is CC(C)(C)[C@H](N)C(=O)N1CCN(C(=O)c2ccccc2O)CC1. The summed E-state index contributed by atoms with van der Waals surface area (Å²) in [5.41, 5.74) is 6.02. The zero-order chi connectivity index (χ0) is 17.2. The number of piperazine rings is 1. The van der Waals surface area contributed by atoms with Crippen LogP contribution < -0.4 is 5.73 Å². The fourth-order valence-corrected chi connectivity index (χ4v) is 2.52. The van der Waals surface area contributed by atoms with E-state index in [9.17, 15) is 14.7 Å². The number of nitrogens with zero attached hydrogens (tertiary/aromatic N) is 2. The number of phenolic OH excluding ortho intramolecular Hbond substituents is 1. The Morgan fingerprint density at radius 3 is 2.13 bits per heavy atom. The quantitative estimate of drug-likeness (QED) is 0.853. The lowest BCUT2D eigenvalue weighted by Crippen LogP contribution is -2.56. The fourth-order valence-electron chi connectivity index (χ4n) is 2.52. The number of phenols is 1. The van der Waals surface area contributed by atoms with Crippen molar-refractivity contribution in [2.45, 2.75) is 26.8 Å². The minimum absolute atomic E-state index is 0.0224. The molecule has 0 unspecified atom stereocenters. The molecule has 1 aromatic carbocycles. The number of amides is 2. The van der Waals surface area contributed by atoms with Gasteiger partial charge >= 0.3 is 0 Å². The van der Waals surface area contributed by atoms with E-state index in [0.717, 1.165) is 0 Å². The van der Waals surface area contributed by atoms with Crippen molar-refractivity contribution < 1.29 is 14.7 Å². The van der Waals surface area contributed by atoms with Crippen LogP contribution in [0.4, 0.5) is 0 Å². The molecule has 2 amide bonds. The van der Waals surface area contributed by atoms with Crippen LogP contribution in [0.1, 0.15) is 31.1 Å². The second kappa shape index (κ2) is 6.58. The van der Waals surface area contributed by atoms with Gasteiger partial charge in [-0.3, -0.25) is 9.59 Å². The highest BCUT2D eigenvalue weighted by Gasteiger charge is 2.33. The largest absolute Gasteiger partial charge is 0.507 e. The molecule has 6 nitrogen and oxygen atoms in total. The van der Waals surface area contributed by atoms with Crippen LogP contribution in [-0.4, -0.2) is 58.9 Å². The predicted molar refractivity (Wildman–Crippen MR) is 88.0 cm³/mol. The van der Waals surface area contributed by atoms with Crippen LogP contribution in [0, 0.1) is 5.41 Å². The number of carbonyl (C=O) groups is 2. The number of aromatic hydroxyl groups is 1. The summed E-state index contributed by atoms with van der Waals surface area (Å²) < 4.78 is 0. The molecule has 1 aliphatic rings. The molecule has 1 aromatic rings. The summed E-state index contributed by atoms with van der Waals surface area (Å²) in [6.45, 7) is 7.62. The average Bonchev–Trinajstić information content (AvgIpc) is 2.52. The Bertz CT molecular complexity index is 587. The second-order valence-corrected chi connectivity index (χ2v) is 6.98. The molecule has 0 aliphatic carbocycles. The Morgan fingerprint density at radius 1 is 1.09 bits per heavy atom. The Labute approximate surface area is 136 Å². The van der Waals surface area contributed by atoms with E-state index in [1.165, 1.54) is 6.07 Å². The van der Waals surface area contributed by atoms with Gasteiger partial charge in [-0.25, -0.2) is 0 Å². The lowest BCUT2D eigenvalue weighted by molar-refractivity contribution is -0.136. The lowest BCUT2D eigenvalue weighted by atomic mass is 9.86. The van der Waals surface area contributed by atoms with Crippen molar-refractivity contribution in [3.63, 3.8) is 0 Å². The molecule has 0 spiro atoms. The number of rotatable bonds is 2. The minimum atomic E-state index is -0.553. The maximum atomic E-state index is 12.4. The van der Waals surface area contributed by atoms with Gasteiger partial charge in [-0.1, -0.05) is 32.9 Å². The minimum Gasteiger partial charge on any atom is -0.507 e. The average molecular weight is 319 g/mol. The van der Waals surface area contributed by atoms with Gasteiger partial charge in [-0.2, -0.15) is 0 Å². The van der Waals surface area contributed by atoms with Gasteiger partial charge in [0.25, 0.3) is 5.91 Å². The summed E-state index contributed by atoms with van der Waals surface area (Å²) in [5, 5.41) is 9.79. The number of para-hydroxylation sites is 1. The summed E-state index contributed by atoms with van der Waals surface area (Å²) in [5.74, 6) is -0.312. The maximum Gasteiger partial charge on any atom is 0.257 e. The van der Waals surface area contributed by atoms with Gasteiger partial charge in [-0.05, 0) is 17.5 Å². The molecule has 6 heteroatoms. The molecule has 1 fully saturated rings. The highest BCUT2D eigenvalue weighted by Crippen LogP contribution is 2.21. The smallest absolute Gasteiger partial charge is 0.257 e. The molecule has 3 N–H and O–H groups in total. The van der Waals surface area contributed by atoms with Crippen molar-refractivity contribution in [1.82, 2.24) is 9.80 Å². The molecule has 23 heavy (non-hydrogen) atoms. The van der Waals surface area contributed by atoms with E-state index in [4.69, 9.17) is 5.73 Å². The van der Waals surface area contributed by atoms with Gasteiger partial charge in [-0.15, -0.1) is 0 Å². The van der Waals surface area contributed by atoms with E-state index in [-0.39, 0.29) is 23.0 Å². The zero-order valence-electron chi connectivity index (χ0n) is 14.0. The second-order valence-electron chi connectivity index (χ2n) is 6.98. The van der Waals surface area contributed by atoms with E-state index >= 15 is 0 Å². The van der Waals surface area contributed by atoms with E-state index in [2.05, 4.69) is 0 Å². The highest BCUT2D eigenvalue weighted by atomic mass is 16.3. The van der Waals surface area contributed by atoms with Crippen LogP contribution in [0.3, 0.4) is 0 Å². The molecule has 1 atom stereocenters. The van der Waals surface area contributed by atoms with Crippen molar-refractivity contribution in [3.8, 4) is 5.75 Å². The Hall–Kier alpha value is -2.08. The standard InChI is InChI=1S/C17H25N3O3/c1-17(2,3)14(18)16(23)20-10-8-19(9-11-20)15(22)12-6-4-5-7-13(12)21/h4-7,14,21H,8-11,18H2,1-3H3/t14-/m1/s1. The Kier molecular flexibility index (Phi) is 4.94. The van der Waals surface area contributed by atoms with Crippen molar-refractivity contribution in [1.29, 1.82) is 0 Å². The molecule has 1 heterocycles. The molecule has 1 saturated heterocycles. The first-order valence-electron chi connectivity index (χ1n) is 7.83. The number of benzene rings is 1. The first-order valence-corrected chi connectivity index (χ1v) is 7.83. The van der Waals surface area contributed by atoms with E-state index < -0.39 is 6.04 Å². The summed E-state index contributed by atoms with van der Waals surface area (Å²) in [4.78, 5) is 28.2. The molecule has 1 aliphatic heterocycles. The molecule has 0 aromatic heterocycles. The van der Waals surface area contributed by atoms with Crippen molar-refractivity contribution in [2.24, 2.45) is 11.1 Å². The van der Waals surface area contributed by atoms with Crippen molar-refractivity contribution in [3.05, 3.63) is 29.8 Å². The molecule has 2 rings (SSSR count). The molecule has 126 valence electrons. The highest BCUT2D eigenvalue weighted by molar-refractivity contribution is 5.97. The van der Waals surface area contributed by atoms with E-state index in [0.29, 0.717) is 31.7 Å². The van der Waals surface area contributed by atoms with Crippen LogP contribution in [0.15, 0.2) is 24.3 Å². The third-order valence-electron chi connectivity index (χ3n) is 4.21. The fraction of sp³-hybridized carbons (Fsp3) is 0.529. The summed E-state index contributed by atoms with van der Waals surface area (Å²) in [6.07, 6.45) is 0. The molecule has 0 saturated carbocycles. The number of hydrogen-bond donors (Lipinski definition) is 2. The summed E-state index contributed by atoms with van der Waals surface area (Å²) in [7, 11) is 0. The van der Waals surface area contributed by atoms with Gasteiger partial charge in [0, 0.05) is 26.2 Å². The van der Waals surface area contributed by atoms with E-state index in [1.54, 1.807) is 28.0 Å². The number of hydrogen-bond acceptors (Lipinski definition) is 4. The third-order valence-corrected chi connectivity index (χ3v) is 4.21. The first-order chi connectivity index (χ1) is 10.7. The number of carbonyl (C=O) groups excluding carboxylic acids is 2. The zero-order valence-corrected chi connectivity index (χ0v) is 14.0. The molecular weight excluding hydrogens is 294 g/mol. The summed E-state index contributed by atoms with van der Waals surface area (Å²) >= 11 is 0. The Balaban J connectivity index is 1.98. The summed E-state index contributed by atoms with van der Waals surface area (Å²) in [6, 6.07) is 5.94. The van der Waals surface area contributed by atoms with Gasteiger partial charge in [0.2, 0.25) is 5.91 Å². The van der Waals surface area contributed by atoms with Crippen LogP contribution >= 0.6 is 0 Å². The van der Waals surface area contributed by atoms with Gasteiger partial charge in [0.05, 0.1) is 11.6 Å². The topological polar surface area (TPSA) is 86.9 Å². The van der Waals surface area contributed by atoms with Crippen LogP contribution in [0.25, 0.3) is 0 Å². The van der Waals surface area contributed by atoms with Crippen LogP contribution in [0.2, 0.25) is 0 Å².